The van der Waals surface area contributed by atoms with Crippen LogP contribution < -0.4 is 79.4 Å². The molecule has 4 aliphatic rings. The Balaban J connectivity index is 0.000000184. The molecule has 0 aliphatic carbocycles. The molecular weight excluding hydrogens is 1870 g/mol. The molecule has 10 heterocycles. The summed E-state index contributed by atoms with van der Waals surface area (Å²) in [6.07, 6.45) is 12.7. The second-order valence-electron chi connectivity index (χ2n) is 28.0. The summed E-state index contributed by atoms with van der Waals surface area (Å²) in [5.41, 5.74) is 7.46. The summed E-state index contributed by atoms with van der Waals surface area (Å²) in [5, 5.41) is 25.1. The quantitative estimate of drug-likeness (QED) is 0.0460. The van der Waals surface area contributed by atoms with Crippen LogP contribution in [0.4, 0.5) is 9.59 Å². The first-order valence-corrected chi connectivity index (χ1v) is 44.9. The van der Waals surface area contributed by atoms with Gasteiger partial charge in [0.1, 0.15) is 35.2 Å². The molecule has 5 aromatic carbocycles. The van der Waals surface area contributed by atoms with Gasteiger partial charge in [0.25, 0.3) is 22.2 Å². The van der Waals surface area contributed by atoms with Crippen molar-refractivity contribution in [2.24, 2.45) is 5.73 Å². The number of furan rings is 2. The Morgan fingerprint density at radius 2 is 0.991 bits per heavy atom. The van der Waals surface area contributed by atoms with Crippen LogP contribution in [0, 0.1) is 0 Å². The minimum Gasteiger partial charge on any atom is -1.00 e. The number of unbranched alkanes of at least 4 members (excludes halogenated alkanes) is 1. The van der Waals surface area contributed by atoms with E-state index in [2.05, 4.69) is 100 Å². The third-order valence-electron chi connectivity index (χ3n) is 18.6. The summed E-state index contributed by atoms with van der Waals surface area (Å²) in [7, 11) is 1.33. The van der Waals surface area contributed by atoms with E-state index in [1.165, 1.54) is 39.8 Å². The van der Waals surface area contributed by atoms with Crippen LogP contribution in [-0.4, -0.2) is 139 Å². The van der Waals surface area contributed by atoms with E-state index < -0.39 is 29.3 Å². The summed E-state index contributed by atoms with van der Waals surface area (Å²) in [4.78, 5) is 95.9. The molecule has 0 radical (unpaired) electrons. The number of hydrogen-bond donors (Lipinski definition) is 3. The number of aryl methyl sites for hydroxylation is 2. The first kappa shape index (κ1) is 89.3. The molecule has 6 aromatic heterocycles. The van der Waals surface area contributed by atoms with Crippen molar-refractivity contribution < 1.29 is 100 Å². The van der Waals surface area contributed by atoms with Crippen LogP contribution in [0.25, 0.3) is 43.6 Å². The number of aliphatic hydroxyl groups is 2. The second-order valence-corrected chi connectivity index (χ2v) is 44.4. The zero-order chi connectivity index (χ0) is 77.7. The molecule has 111 heavy (non-hydrogen) atoms. The predicted molar refractivity (Wildman–Crippen MR) is 452 cm³/mol. The van der Waals surface area contributed by atoms with E-state index in [1.807, 2.05) is 78.9 Å². The molecule has 15 rings (SSSR count). The van der Waals surface area contributed by atoms with Crippen LogP contribution in [0.1, 0.15) is 94.7 Å². The molecule has 6 atom stereocenters. The molecule has 4 N–H and O–H groups in total. The maximum atomic E-state index is 12.9. The maximum Gasteiger partial charge on any atom is 1.00 e. The molecule has 0 spiro atoms. The van der Waals surface area contributed by atoms with Crippen LogP contribution in [0.15, 0.2) is 190 Å². The van der Waals surface area contributed by atoms with Crippen LogP contribution in [-0.2, 0) is 64.6 Å². The van der Waals surface area contributed by atoms with E-state index in [1.54, 1.807) is 69.2 Å². The minimum absolute atomic E-state index is 0. The molecule has 586 valence electrons. The normalized spacial score (nSPS) is 19.0. The standard InChI is InChI=1S/C24H25N3O5.C18H19BrClN3O5.C17H18N2O2.C16H15BrClN3O2.C3H9ISi.HI.K.H/c28-22-18-9-4-5-10-19(18)25-16-26(22)15-24(30)13-20-21(32-24)11-6-12-27(20)23(29)31-14-17-7-2-1-3-8-17;1-27-17(25)23-4-2-3-15-14(23)7-18(26,28-15)8-22-9-21-13-6-11(19)12(20)5-10(13)16(22)24;1-2-3-6-13-9-10-14(21-13)11-19-12-18-16-8-5-4-7-15(16)17(19)20;17-13-7-15-12(6-14(13)18)16(22)21(9-20-15)8-11-4-3-10(23-11)2-1-5-19;1-5(2,3)4;;;/h1-5,7-10,16,20-21,30H,6,11-15H2;5-6,9,14-15,26H,2-4,7-8H2,1H3;4-5,7-10,12H,2-3,6,11H2,1H3;3-4,6-7,9H,1-2,5,8,19H2;1-3H3;1H;;/q;;;;;;+1;-1/t20-,21-,24?;14-,15-,18?;;;;;;/m00....../s1. The van der Waals surface area contributed by atoms with Gasteiger partial charge in [-0.25, -0.2) is 29.5 Å². The van der Waals surface area contributed by atoms with Crippen molar-refractivity contribution in [3.63, 3.8) is 0 Å². The molecule has 33 heteroatoms. The fourth-order valence-electron chi connectivity index (χ4n) is 13.4. The average molecular weight is 1960 g/mol. The number of ether oxygens (including phenoxy) is 4. The number of piperidine rings is 2. The average Bonchev–Trinajstić information content (AvgIpc) is 1.64. The smallest absolute Gasteiger partial charge is 1.00 e. The van der Waals surface area contributed by atoms with Crippen LogP contribution in [0.3, 0.4) is 0 Å². The fourth-order valence-corrected chi connectivity index (χ4v) is 14.4. The second kappa shape index (κ2) is 40.8. The Bertz CT molecular complexity index is 5290. The van der Waals surface area contributed by atoms with E-state index >= 15 is 0 Å². The Morgan fingerprint density at radius 1 is 0.595 bits per heavy atom. The summed E-state index contributed by atoms with van der Waals surface area (Å²) in [6, 6.07) is 37.7. The first-order valence-electron chi connectivity index (χ1n) is 35.9. The molecular formula is C78H88Br2Cl2I2KN11O14Si. The Labute approximate surface area is 742 Å². The molecule has 4 fully saturated rings. The van der Waals surface area contributed by atoms with Gasteiger partial charge >= 0.3 is 63.6 Å². The number of methoxy groups -OCH3 is 1. The van der Waals surface area contributed by atoms with Gasteiger partial charge in [0, 0.05) is 47.7 Å². The number of likely N-dealkylation sites (tertiary alicyclic amines) is 2. The van der Waals surface area contributed by atoms with Gasteiger partial charge in [-0.2, -0.15) is 0 Å². The topological polar surface area (TPSA) is 310 Å². The van der Waals surface area contributed by atoms with Crippen molar-refractivity contribution in [1.82, 2.24) is 48.0 Å². The number of nitrogens with two attached hydrogens (primary N) is 1. The van der Waals surface area contributed by atoms with E-state index in [9.17, 15) is 39.0 Å². The third kappa shape index (κ3) is 23.6. The van der Waals surface area contributed by atoms with Crippen molar-refractivity contribution in [1.29, 1.82) is 0 Å². The van der Waals surface area contributed by atoms with E-state index in [0.717, 1.165) is 86.1 Å². The number of aromatic nitrogens is 8. The number of carbonyl (C=O) groups excluding carboxylic acids is 2. The zero-order valence-corrected chi connectivity index (χ0v) is 75.6. The van der Waals surface area contributed by atoms with Crippen molar-refractivity contribution >= 4 is 162 Å². The van der Waals surface area contributed by atoms with Gasteiger partial charge < -0.3 is 55.0 Å². The van der Waals surface area contributed by atoms with Gasteiger partial charge in [-0.15, -0.1) is 45.8 Å². The molecule has 4 saturated heterocycles. The number of carbonyl (C=O) groups is 2. The van der Waals surface area contributed by atoms with Crippen molar-refractivity contribution in [2.75, 3.05) is 26.7 Å². The van der Waals surface area contributed by atoms with Crippen molar-refractivity contribution in [2.45, 2.75) is 166 Å². The molecule has 2 unspecified atom stereocenters. The van der Waals surface area contributed by atoms with E-state index in [-0.39, 0.29) is 156 Å². The number of nitrogens with zero attached hydrogens (tertiary/aromatic N) is 10. The number of fused-ring (bicyclic) bond motifs is 6. The maximum absolute atomic E-state index is 12.9. The van der Waals surface area contributed by atoms with Gasteiger partial charge in [0.15, 0.2) is 11.6 Å². The summed E-state index contributed by atoms with van der Waals surface area (Å²) >= 11 is 21.3. The van der Waals surface area contributed by atoms with Gasteiger partial charge in [-0.3, -0.25) is 37.4 Å². The molecule has 11 aromatic rings. The molecule has 0 saturated carbocycles. The van der Waals surface area contributed by atoms with Gasteiger partial charge in [-0.05, 0) is 155 Å². The van der Waals surface area contributed by atoms with Crippen LogP contribution in [0.2, 0.25) is 29.7 Å². The zero-order valence-electron chi connectivity index (χ0n) is 63.3. The number of amides is 2. The monoisotopic (exact) mass is 1950 g/mol. The Hall–Kier alpha value is -5.59. The summed E-state index contributed by atoms with van der Waals surface area (Å²) in [5.74, 6) is 0.215. The first-order chi connectivity index (χ1) is 52.2. The van der Waals surface area contributed by atoms with Gasteiger partial charge in [0.05, 0.1) is 137 Å². The van der Waals surface area contributed by atoms with E-state index in [0.29, 0.717) is 95.6 Å². The van der Waals surface area contributed by atoms with Crippen LogP contribution >= 0.6 is 101 Å². The Kier molecular flexibility index (Phi) is 32.8. The largest absolute Gasteiger partial charge is 1.00 e. The molecule has 0 bridgehead atoms. The van der Waals surface area contributed by atoms with Crippen molar-refractivity contribution in [3.8, 4) is 0 Å². The Morgan fingerprint density at radius 3 is 1.45 bits per heavy atom. The predicted octanol–water partition coefficient (Wildman–Crippen LogP) is 11.9. The van der Waals surface area contributed by atoms with Crippen LogP contribution in [0.5, 0.6) is 0 Å². The van der Waals surface area contributed by atoms with E-state index in [4.69, 9.17) is 56.7 Å². The number of rotatable bonds is 16. The number of benzene rings is 5. The number of para-hydroxylation sites is 2. The number of hydrogen-bond acceptors (Lipinski definition) is 19. The third-order valence-corrected chi connectivity index (χ3v) is 21.0. The van der Waals surface area contributed by atoms with Gasteiger partial charge in [-0.1, -0.05) is 111 Å². The molecule has 4 aliphatic heterocycles. The summed E-state index contributed by atoms with van der Waals surface area (Å²) < 4.78 is 40.9. The van der Waals surface area contributed by atoms with Gasteiger partial charge in [0.2, 0.25) is 0 Å². The molecule has 25 nitrogen and oxygen atoms in total. The fraction of sp³-hybridized carbons (Fsp3) is 0.385. The minimum atomic E-state index is -1.58. The SMILES string of the molecule is CCCCc1ccc(Cn2cnc3ccccc3c2=O)o1.COC(=O)N1CCC[C@@H]2OC(O)(Cn3cnc4cc(Br)c(Cl)cc4c3=O)C[C@@H]21.C[Si](C)(C)I.I.NCCCc1ccc(Cn2cnc3cc(Br)c(Cl)cc3c2=O)o1.O=C(OCc1ccccc1)N1CCC[C@@H]2OC(O)(Cn3cnc4ccccc4c3=O)C[C@@H]21.[H-].[K+]. The molecule has 2 amide bonds. The number of halogens is 6. The summed E-state index contributed by atoms with van der Waals surface area (Å²) in [6.45, 7) is 11.6. The van der Waals surface area contributed by atoms with Crippen molar-refractivity contribution in [3.05, 3.63) is 242 Å².